The van der Waals surface area contributed by atoms with Crippen molar-refractivity contribution in [1.82, 2.24) is 15.0 Å². The van der Waals surface area contributed by atoms with Gasteiger partial charge in [0.1, 0.15) is 0 Å². The largest absolute Gasteiger partial charge is 0.208 e. The second kappa shape index (κ2) is 8.79. The van der Waals surface area contributed by atoms with E-state index >= 15 is 0 Å². The van der Waals surface area contributed by atoms with Gasteiger partial charge in [0.25, 0.3) is 0 Å². The van der Waals surface area contributed by atoms with E-state index in [4.69, 9.17) is 15.0 Å². The van der Waals surface area contributed by atoms with Crippen LogP contribution in [-0.4, -0.2) is 15.0 Å². The minimum absolute atomic E-state index is 0.0462. The Balaban J connectivity index is 1.72. The zero-order valence-corrected chi connectivity index (χ0v) is 18.8. The van der Waals surface area contributed by atoms with Crippen molar-refractivity contribution in [3.8, 4) is 34.2 Å². The highest BCUT2D eigenvalue weighted by atomic mass is 15.0. The molecule has 0 radical (unpaired) electrons. The molecule has 1 aliphatic carbocycles. The zero-order chi connectivity index (χ0) is 22.7. The van der Waals surface area contributed by atoms with Gasteiger partial charge in [0.15, 0.2) is 17.5 Å². The highest BCUT2D eigenvalue weighted by molar-refractivity contribution is 5.85. The lowest BCUT2D eigenvalue weighted by Crippen LogP contribution is -2.04. The lowest BCUT2D eigenvalue weighted by Gasteiger charge is -2.17. The molecule has 33 heavy (non-hydrogen) atoms. The van der Waals surface area contributed by atoms with Crippen LogP contribution in [0.15, 0.2) is 115 Å². The van der Waals surface area contributed by atoms with Gasteiger partial charge >= 0.3 is 0 Å². The summed E-state index contributed by atoms with van der Waals surface area (Å²) in [7, 11) is 0. The zero-order valence-electron chi connectivity index (χ0n) is 18.8. The standard InChI is InChI=1S/C30H25N3/c1-30(2)20-12-11-17-24(21-30)25-18-9-10-19-26(25)29-32-27(22-13-5-3-6-14-22)31-28(33-29)23-15-7-4-8-16-23/h3-21H,1-2H3. The van der Waals surface area contributed by atoms with Crippen molar-refractivity contribution in [1.29, 1.82) is 0 Å². The van der Waals surface area contributed by atoms with Gasteiger partial charge in [-0.15, -0.1) is 0 Å². The minimum atomic E-state index is -0.0462. The Hall–Kier alpha value is -4.11. The highest BCUT2D eigenvalue weighted by Crippen LogP contribution is 2.34. The van der Waals surface area contributed by atoms with E-state index in [0.717, 1.165) is 27.8 Å². The summed E-state index contributed by atoms with van der Waals surface area (Å²) in [4.78, 5) is 14.7. The molecular formula is C30H25N3. The number of hydrogen-bond acceptors (Lipinski definition) is 3. The van der Waals surface area contributed by atoms with E-state index in [0.29, 0.717) is 17.5 Å². The average Bonchev–Trinajstić information content (AvgIpc) is 3.05. The maximum absolute atomic E-state index is 4.93. The molecule has 1 heterocycles. The molecule has 1 aliphatic rings. The van der Waals surface area contributed by atoms with E-state index in [1.54, 1.807) is 0 Å². The molecule has 3 aromatic carbocycles. The fourth-order valence-corrected chi connectivity index (χ4v) is 3.99. The van der Waals surface area contributed by atoms with Crippen molar-refractivity contribution in [3.05, 3.63) is 121 Å². The van der Waals surface area contributed by atoms with Gasteiger partial charge in [-0.1, -0.05) is 129 Å². The first-order chi connectivity index (χ1) is 16.1. The second-order valence-corrected chi connectivity index (χ2v) is 8.72. The van der Waals surface area contributed by atoms with Crippen LogP contribution in [0, 0.1) is 5.41 Å². The van der Waals surface area contributed by atoms with E-state index in [-0.39, 0.29) is 5.41 Å². The molecule has 0 fully saturated rings. The molecule has 0 spiro atoms. The molecule has 0 N–H and O–H groups in total. The van der Waals surface area contributed by atoms with Crippen molar-refractivity contribution in [2.24, 2.45) is 5.41 Å². The number of allylic oxidation sites excluding steroid dienone is 6. The SMILES string of the molecule is CC1(C)C=CC=CC(c2ccccc2-c2nc(-c3ccccc3)nc(-c3ccccc3)n2)=C1. The third-order valence-electron chi connectivity index (χ3n) is 5.62. The summed E-state index contributed by atoms with van der Waals surface area (Å²) in [6.45, 7) is 4.42. The molecule has 0 unspecified atom stereocenters. The molecule has 4 aromatic rings. The van der Waals surface area contributed by atoms with Gasteiger partial charge in [0.2, 0.25) is 0 Å². The lowest BCUT2D eigenvalue weighted by molar-refractivity contribution is 0.629. The fraction of sp³-hybridized carbons (Fsp3) is 0.100. The van der Waals surface area contributed by atoms with Crippen molar-refractivity contribution in [3.63, 3.8) is 0 Å². The van der Waals surface area contributed by atoms with Gasteiger partial charge in [-0.2, -0.15) is 0 Å². The summed E-state index contributed by atoms with van der Waals surface area (Å²) in [6, 6.07) is 28.5. The molecule has 5 rings (SSSR count). The fourth-order valence-electron chi connectivity index (χ4n) is 3.99. The summed E-state index contributed by atoms with van der Waals surface area (Å²) in [6.07, 6.45) is 10.9. The molecule has 0 bridgehead atoms. The Morgan fingerprint density at radius 1 is 0.545 bits per heavy atom. The van der Waals surface area contributed by atoms with E-state index in [1.807, 2.05) is 66.7 Å². The second-order valence-electron chi connectivity index (χ2n) is 8.72. The molecule has 0 saturated heterocycles. The van der Waals surface area contributed by atoms with Gasteiger partial charge in [-0.3, -0.25) is 0 Å². The van der Waals surface area contributed by atoms with Crippen molar-refractivity contribution >= 4 is 5.57 Å². The van der Waals surface area contributed by atoms with Crippen LogP contribution >= 0.6 is 0 Å². The van der Waals surface area contributed by atoms with Crippen molar-refractivity contribution in [2.45, 2.75) is 13.8 Å². The number of benzene rings is 3. The van der Waals surface area contributed by atoms with Crippen LogP contribution in [0.25, 0.3) is 39.7 Å². The molecule has 160 valence electrons. The van der Waals surface area contributed by atoms with Crippen LogP contribution in [0.5, 0.6) is 0 Å². The van der Waals surface area contributed by atoms with E-state index in [2.05, 4.69) is 62.4 Å². The van der Waals surface area contributed by atoms with E-state index < -0.39 is 0 Å². The molecule has 3 nitrogen and oxygen atoms in total. The number of nitrogens with zero attached hydrogens (tertiary/aromatic N) is 3. The predicted octanol–water partition coefficient (Wildman–Crippen LogP) is 7.41. The number of rotatable bonds is 4. The predicted molar refractivity (Wildman–Crippen MR) is 136 cm³/mol. The van der Waals surface area contributed by atoms with Crippen molar-refractivity contribution in [2.75, 3.05) is 0 Å². The van der Waals surface area contributed by atoms with E-state index in [9.17, 15) is 0 Å². The molecule has 0 saturated carbocycles. The molecule has 1 aromatic heterocycles. The summed E-state index contributed by atoms with van der Waals surface area (Å²) in [5, 5.41) is 0. The minimum Gasteiger partial charge on any atom is -0.208 e. The van der Waals surface area contributed by atoms with Crippen LogP contribution < -0.4 is 0 Å². The molecule has 3 heteroatoms. The average molecular weight is 428 g/mol. The summed E-state index contributed by atoms with van der Waals surface area (Å²) in [5.74, 6) is 2.01. The first-order valence-corrected chi connectivity index (χ1v) is 11.1. The normalized spacial score (nSPS) is 14.5. The Morgan fingerprint density at radius 3 is 1.67 bits per heavy atom. The Labute approximate surface area is 194 Å². The highest BCUT2D eigenvalue weighted by Gasteiger charge is 2.18. The van der Waals surface area contributed by atoms with Crippen LogP contribution in [-0.2, 0) is 0 Å². The number of aromatic nitrogens is 3. The summed E-state index contributed by atoms with van der Waals surface area (Å²) in [5.41, 5.74) is 5.14. The molecule has 0 amide bonds. The first kappa shape index (κ1) is 20.8. The third-order valence-corrected chi connectivity index (χ3v) is 5.62. The smallest absolute Gasteiger partial charge is 0.164 e. The lowest BCUT2D eigenvalue weighted by atomic mass is 9.88. The van der Waals surface area contributed by atoms with Crippen molar-refractivity contribution < 1.29 is 0 Å². The van der Waals surface area contributed by atoms with Gasteiger partial charge in [0.05, 0.1) is 0 Å². The molecular weight excluding hydrogens is 402 g/mol. The monoisotopic (exact) mass is 427 g/mol. The van der Waals surface area contributed by atoms with Crippen LogP contribution in [0.2, 0.25) is 0 Å². The Kier molecular flexibility index (Phi) is 5.54. The van der Waals surface area contributed by atoms with Crippen LogP contribution in [0.4, 0.5) is 0 Å². The Morgan fingerprint density at radius 2 is 1.06 bits per heavy atom. The van der Waals surface area contributed by atoms with E-state index in [1.165, 1.54) is 0 Å². The molecule has 0 atom stereocenters. The quantitative estimate of drug-likeness (QED) is 0.340. The Bertz CT molecular complexity index is 1310. The maximum Gasteiger partial charge on any atom is 0.164 e. The van der Waals surface area contributed by atoms with Gasteiger partial charge < -0.3 is 0 Å². The number of hydrogen-bond donors (Lipinski definition) is 0. The topological polar surface area (TPSA) is 38.7 Å². The third kappa shape index (κ3) is 4.58. The maximum atomic E-state index is 4.93. The van der Waals surface area contributed by atoms with Gasteiger partial charge in [-0.05, 0) is 11.1 Å². The first-order valence-electron chi connectivity index (χ1n) is 11.1. The van der Waals surface area contributed by atoms with Gasteiger partial charge in [-0.25, -0.2) is 15.0 Å². The molecule has 0 aliphatic heterocycles. The summed E-state index contributed by atoms with van der Waals surface area (Å²) < 4.78 is 0. The van der Waals surface area contributed by atoms with Gasteiger partial charge in [0, 0.05) is 22.1 Å². The van der Waals surface area contributed by atoms with Crippen LogP contribution in [0.1, 0.15) is 19.4 Å². The van der Waals surface area contributed by atoms with Crippen LogP contribution in [0.3, 0.4) is 0 Å². The summed E-state index contributed by atoms with van der Waals surface area (Å²) >= 11 is 0.